The Morgan fingerprint density at radius 3 is 2.42 bits per heavy atom. The number of nitrogens with one attached hydrogen (secondary N) is 2. The zero-order valence-electron chi connectivity index (χ0n) is 18.6. The van der Waals surface area contributed by atoms with Gasteiger partial charge in [-0.2, -0.15) is 0 Å². The van der Waals surface area contributed by atoms with Crippen molar-refractivity contribution in [3.05, 3.63) is 95.4 Å². The van der Waals surface area contributed by atoms with Crippen molar-refractivity contribution < 1.29 is 9.18 Å². The summed E-state index contributed by atoms with van der Waals surface area (Å²) in [7, 11) is 3.99. The van der Waals surface area contributed by atoms with Crippen LogP contribution in [0.2, 0.25) is 0 Å². The maximum Gasteiger partial charge on any atom is 0.255 e. The highest BCUT2D eigenvalue weighted by molar-refractivity contribution is 6.06. The molecule has 33 heavy (non-hydrogen) atoms. The van der Waals surface area contributed by atoms with Crippen LogP contribution in [0.15, 0.2) is 84.1 Å². The summed E-state index contributed by atoms with van der Waals surface area (Å²) in [6, 6.07) is 21.4. The van der Waals surface area contributed by atoms with E-state index in [9.17, 15) is 9.18 Å². The maximum atomic E-state index is 13.5. The quantitative estimate of drug-likeness (QED) is 0.459. The topological polar surface area (TPSA) is 62.2 Å². The van der Waals surface area contributed by atoms with Crippen molar-refractivity contribution in [1.82, 2.24) is 9.55 Å². The summed E-state index contributed by atoms with van der Waals surface area (Å²) in [6.07, 6.45) is 0. The number of halogens is 1. The van der Waals surface area contributed by atoms with Crippen molar-refractivity contribution in [1.29, 1.82) is 0 Å². The van der Waals surface area contributed by atoms with Crippen LogP contribution in [0.1, 0.15) is 18.5 Å². The number of rotatable bonds is 4. The molecule has 6 nitrogen and oxygen atoms in total. The van der Waals surface area contributed by atoms with E-state index >= 15 is 0 Å². The van der Waals surface area contributed by atoms with Gasteiger partial charge in [0.25, 0.3) is 5.91 Å². The normalized spacial score (nSPS) is 15.2. The Hall–Kier alpha value is -4.13. The lowest BCUT2D eigenvalue weighted by Crippen LogP contribution is -2.31. The third-order valence-corrected chi connectivity index (χ3v) is 5.90. The molecule has 4 aromatic rings. The van der Waals surface area contributed by atoms with Crippen LogP contribution in [0, 0.1) is 5.82 Å². The lowest BCUT2D eigenvalue weighted by Gasteiger charge is -2.31. The molecule has 0 spiro atoms. The summed E-state index contributed by atoms with van der Waals surface area (Å²) in [6.45, 7) is 1.88. The molecule has 0 bridgehead atoms. The second-order valence-electron chi connectivity index (χ2n) is 8.31. The predicted octanol–water partition coefficient (Wildman–Crippen LogP) is 5.17. The Morgan fingerprint density at radius 1 is 1.03 bits per heavy atom. The molecule has 2 heterocycles. The van der Waals surface area contributed by atoms with Crippen LogP contribution in [0.5, 0.6) is 0 Å². The van der Waals surface area contributed by atoms with E-state index in [1.807, 2.05) is 74.4 Å². The number of benzene rings is 3. The zero-order chi connectivity index (χ0) is 23.1. The summed E-state index contributed by atoms with van der Waals surface area (Å²) in [5.74, 6) is 0.0848. The van der Waals surface area contributed by atoms with E-state index in [1.165, 1.54) is 12.1 Å². The fourth-order valence-corrected chi connectivity index (χ4v) is 4.26. The van der Waals surface area contributed by atoms with Gasteiger partial charge in [-0.3, -0.25) is 9.36 Å². The number of imidazole rings is 1. The first-order valence-corrected chi connectivity index (χ1v) is 10.7. The highest BCUT2D eigenvalue weighted by Crippen LogP contribution is 2.39. The molecule has 0 aliphatic carbocycles. The highest BCUT2D eigenvalue weighted by Gasteiger charge is 2.34. The van der Waals surface area contributed by atoms with Crippen LogP contribution in [-0.2, 0) is 4.79 Å². The van der Waals surface area contributed by atoms with Crippen molar-refractivity contribution in [3.63, 3.8) is 0 Å². The number of carbonyl (C=O) groups excluding carboxylic acids is 1. The number of amides is 1. The van der Waals surface area contributed by atoms with Crippen LogP contribution >= 0.6 is 0 Å². The predicted molar refractivity (Wildman–Crippen MR) is 130 cm³/mol. The number of anilines is 3. The Labute approximate surface area is 191 Å². The summed E-state index contributed by atoms with van der Waals surface area (Å²) >= 11 is 0. The summed E-state index contributed by atoms with van der Waals surface area (Å²) in [4.78, 5) is 20.3. The van der Waals surface area contributed by atoms with E-state index in [1.54, 1.807) is 12.1 Å². The molecule has 2 N–H and O–H groups in total. The SMILES string of the molecule is CC1=C(C(=O)Nc2ccc(F)cc2)[C@@H](c2ccc(N(C)C)cc2)n2c(nc3ccccc32)N1. The van der Waals surface area contributed by atoms with Crippen molar-refractivity contribution in [2.45, 2.75) is 13.0 Å². The first-order valence-electron chi connectivity index (χ1n) is 10.7. The molecule has 1 aliphatic rings. The second kappa shape index (κ2) is 8.09. The summed E-state index contributed by atoms with van der Waals surface area (Å²) in [5.41, 5.74) is 5.65. The minimum Gasteiger partial charge on any atom is -0.378 e. The number of fused-ring (bicyclic) bond motifs is 3. The molecular formula is C26H24FN5O. The lowest BCUT2D eigenvalue weighted by molar-refractivity contribution is -0.113. The smallest absolute Gasteiger partial charge is 0.255 e. The third-order valence-electron chi connectivity index (χ3n) is 5.90. The van der Waals surface area contributed by atoms with Gasteiger partial charge in [0.1, 0.15) is 5.82 Å². The van der Waals surface area contributed by atoms with Crippen LogP contribution in [0.3, 0.4) is 0 Å². The molecule has 0 saturated carbocycles. The van der Waals surface area contributed by atoms with Crippen LogP contribution in [0.4, 0.5) is 21.7 Å². The van der Waals surface area contributed by atoms with E-state index in [0.29, 0.717) is 17.2 Å². The van der Waals surface area contributed by atoms with Gasteiger partial charge in [0.2, 0.25) is 5.95 Å². The first-order chi connectivity index (χ1) is 15.9. The minimum atomic E-state index is -0.384. The fraction of sp³-hybridized carbons (Fsp3) is 0.154. The van der Waals surface area contributed by atoms with Gasteiger partial charge in [0.05, 0.1) is 22.6 Å². The standard InChI is InChI=1S/C26H24FN5O/c1-16-23(25(33)29-19-12-10-18(27)11-13-19)24(17-8-14-20(15-9-17)31(2)3)32-22-7-5-4-6-21(22)30-26(32)28-16/h4-15,24H,1-3H3,(H,28,30)(H,29,33)/t24-/m1/s1. The second-order valence-corrected chi connectivity index (χ2v) is 8.31. The summed E-state index contributed by atoms with van der Waals surface area (Å²) < 4.78 is 15.4. The summed E-state index contributed by atoms with van der Waals surface area (Å²) in [5, 5.41) is 6.23. The molecule has 1 atom stereocenters. The molecule has 1 aliphatic heterocycles. The molecule has 5 rings (SSSR count). The fourth-order valence-electron chi connectivity index (χ4n) is 4.26. The molecule has 1 amide bonds. The number of allylic oxidation sites excluding steroid dienone is 1. The van der Waals surface area contributed by atoms with E-state index in [-0.39, 0.29) is 17.8 Å². The number of carbonyl (C=O) groups is 1. The molecule has 3 aromatic carbocycles. The number of para-hydroxylation sites is 2. The third kappa shape index (κ3) is 3.71. The van der Waals surface area contributed by atoms with Gasteiger partial charge < -0.3 is 15.5 Å². The molecule has 0 unspecified atom stereocenters. The van der Waals surface area contributed by atoms with E-state index in [2.05, 4.69) is 15.2 Å². The van der Waals surface area contributed by atoms with Crippen molar-refractivity contribution >= 4 is 34.3 Å². The van der Waals surface area contributed by atoms with Crippen LogP contribution in [-0.4, -0.2) is 29.6 Å². The first kappa shape index (κ1) is 20.8. The monoisotopic (exact) mass is 441 g/mol. The maximum absolute atomic E-state index is 13.5. The van der Waals surface area contributed by atoms with Crippen molar-refractivity contribution in [3.8, 4) is 0 Å². The lowest BCUT2D eigenvalue weighted by atomic mass is 9.94. The van der Waals surface area contributed by atoms with Crippen LogP contribution in [0.25, 0.3) is 11.0 Å². The van der Waals surface area contributed by atoms with Gasteiger partial charge in [0.15, 0.2) is 0 Å². The Balaban J connectivity index is 1.64. The average Bonchev–Trinajstić information content (AvgIpc) is 3.17. The zero-order valence-corrected chi connectivity index (χ0v) is 18.6. The van der Waals surface area contributed by atoms with Gasteiger partial charge in [-0.05, 0) is 61.0 Å². The number of hydrogen-bond acceptors (Lipinski definition) is 4. The molecule has 0 radical (unpaired) electrons. The molecule has 1 aromatic heterocycles. The minimum absolute atomic E-state index is 0.253. The molecule has 0 fully saturated rings. The average molecular weight is 442 g/mol. The molecule has 166 valence electrons. The van der Waals surface area contributed by atoms with Gasteiger partial charge in [0, 0.05) is 31.2 Å². The van der Waals surface area contributed by atoms with E-state index < -0.39 is 0 Å². The van der Waals surface area contributed by atoms with Gasteiger partial charge in [-0.25, -0.2) is 9.37 Å². The van der Waals surface area contributed by atoms with Crippen molar-refractivity contribution in [2.24, 2.45) is 0 Å². The van der Waals surface area contributed by atoms with E-state index in [0.717, 1.165) is 28.0 Å². The van der Waals surface area contributed by atoms with Gasteiger partial charge >= 0.3 is 0 Å². The van der Waals surface area contributed by atoms with E-state index in [4.69, 9.17) is 4.98 Å². The Kier molecular flexibility index (Phi) is 5.09. The largest absolute Gasteiger partial charge is 0.378 e. The number of aromatic nitrogens is 2. The van der Waals surface area contributed by atoms with Gasteiger partial charge in [-0.15, -0.1) is 0 Å². The number of nitrogens with zero attached hydrogens (tertiary/aromatic N) is 3. The van der Waals surface area contributed by atoms with Crippen LogP contribution < -0.4 is 15.5 Å². The Bertz CT molecular complexity index is 1370. The van der Waals surface area contributed by atoms with Gasteiger partial charge in [-0.1, -0.05) is 24.3 Å². The molecule has 0 saturated heterocycles. The number of hydrogen-bond donors (Lipinski definition) is 2. The highest BCUT2D eigenvalue weighted by atomic mass is 19.1. The Morgan fingerprint density at radius 2 is 1.73 bits per heavy atom. The molecule has 7 heteroatoms. The molecular weight excluding hydrogens is 417 g/mol. The van der Waals surface area contributed by atoms with Crippen molar-refractivity contribution in [2.75, 3.05) is 29.6 Å².